The van der Waals surface area contributed by atoms with Crippen LogP contribution in [0.4, 0.5) is 4.39 Å². The van der Waals surface area contributed by atoms with Gasteiger partial charge in [0.2, 0.25) is 0 Å². The van der Waals surface area contributed by atoms with Gasteiger partial charge in [0.15, 0.2) is 0 Å². The summed E-state index contributed by atoms with van der Waals surface area (Å²) in [6.07, 6.45) is 4.57. The highest BCUT2D eigenvalue weighted by Gasteiger charge is 2.51. The van der Waals surface area contributed by atoms with Crippen molar-refractivity contribution in [3.63, 3.8) is 0 Å². The molecule has 1 aliphatic carbocycles. The van der Waals surface area contributed by atoms with Crippen molar-refractivity contribution in [2.75, 3.05) is 26.8 Å². The third kappa shape index (κ3) is 6.04. The summed E-state index contributed by atoms with van der Waals surface area (Å²) < 4.78 is 24.8. The molecule has 0 aromatic heterocycles. The number of hydrogen-bond acceptors (Lipinski definition) is 7. The second kappa shape index (κ2) is 12.0. The maximum atomic E-state index is 13.5. The Morgan fingerprint density at radius 1 is 1.19 bits per heavy atom. The fourth-order valence-electron chi connectivity index (χ4n) is 6.08. The van der Waals surface area contributed by atoms with Gasteiger partial charge in [-0.15, -0.1) is 0 Å². The van der Waals surface area contributed by atoms with Crippen molar-refractivity contribution in [1.82, 2.24) is 4.90 Å². The van der Waals surface area contributed by atoms with Gasteiger partial charge in [0, 0.05) is 44.2 Å². The molecule has 37 heavy (non-hydrogen) atoms. The van der Waals surface area contributed by atoms with Crippen molar-refractivity contribution in [2.45, 2.75) is 68.2 Å². The quantitative estimate of drug-likeness (QED) is 0.310. The first-order valence-corrected chi connectivity index (χ1v) is 13.2. The minimum absolute atomic E-state index is 0.174. The first-order chi connectivity index (χ1) is 17.8. The Hall–Kier alpha value is -2.36. The van der Waals surface area contributed by atoms with E-state index in [1.54, 1.807) is 19.2 Å². The van der Waals surface area contributed by atoms with E-state index in [1.807, 2.05) is 24.3 Å². The average Bonchev–Trinajstić information content (AvgIpc) is 3.22. The SMILES string of the molecule is COCCCC[C@@](O)(c1ccccc1Oc1ccc(F)cc1)[C@@H]1CCCN([C@@]2(C=O)C[C@@H](N)[C@@H](O)C2)C1. The third-order valence-electron chi connectivity index (χ3n) is 8.14. The predicted octanol–water partition coefficient (Wildman–Crippen LogP) is 3.75. The smallest absolute Gasteiger partial charge is 0.140 e. The number of benzene rings is 2. The Morgan fingerprint density at radius 3 is 2.62 bits per heavy atom. The van der Waals surface area contributed by atoms with Gasteiger partial charge in [-0.2, -0.15) is 0 Å². The molecule has 5 atom stereocenters. The van der Waals surface area contributed by atoms with Crippen molar-refractivity contribution in [3.8, 4) is 11.5 Å². The summed E-state index contributed by atoms with van der Waals surface area (Å²) in [6, 6.07) is 12.8. The summed E-state index contributed by atoms with van der Waals surface area (Å²) in [5, 5.41) is 22.8. The van der Waals surface area contributed by atoms with Crippen LogP contribution in [-0.4, -0.2) is 65.9 Å². The van der Waals surface area contributed by atoms with Gasteiger partial charge in [-0.25, -0.2) is 4.39 Å². The number of aldehydes is 1. The lowest BCUT2D eigenvalue weighted by Crippen LogP contribution is -2.56. The maximum Gasteiger partial charge on any atom is 0.140 e. The van der Waals surface area contributed by atoms with Crippen LogP contribution in [0.2, 0.25) is 0 Å². The van der Waals surface area contributed by atoms with Crippen LogP contribution in [0.25, 0.3) is 0 Å². The maximum absolute atomic E-state index is 13.5. The number of piperidine rings is 1. The van der Waals surface area contributed by atoms with Crippen LogP contribution >= 0.6 is 0 Å². The molecule has 8 heteroatoms. The number of unbranched alkanes of at least 4 members (excludes halogenated alkanes) is 1. The van der Waals surface area contributed by atoms with Gasteiger partial charge in [0.25, 0.3) is 0 Å². The summed E-state index contributed by atoms with van der Waals surface area (Å²) in [5.74, 6) is 0.476. The molecule has 0 spiro atoms. The molecule has 0 amide bonds. The van der Waals surface area contributed by atoms with Crippen LogP contribution in [0.1, 0.15) is 50.5 Å². The van der Waals surface area contributed by atoms with Gasteiger partial charge in [-0.3, -0.25) is 4.90 Å². The van der Waals surface area contributed by atoms with Crippen LogP contribution in [0.5, 0.6) is 11.5 Å². The van der Waals surface area contributed by atoms with E-state index >= 15 is 0 Å². The number of halogens is 1. The van der Waals surface area contributed by atoms with Crippen LogP contribution in [-0.2, 0) is 15.1 Å². The Balaban J connectivity index is 1.65. The van der Waals surface area contributed by atoms with Crippen LogP contribution in [0.3, 0.4) is 0 Å². The molecular weight excluding hydrogens is 475 g/mol. The van der Waals surface area contributed by atoms with Crippen molar-refractivity contribution in [2.24, 2.45) is 11.7 Å². The molecule has 2 fully saturated rings. The summed E-state index contributed by atoms with van der Waals surface area (Å²) in [6.45, 7) is 1.82. The van der Waals surface area contributed by atoms with Crippen LogP contribution in [0, 0.1) is 11.7 Å². The number of rotatable bonds is 11. The number of para-hydroxylation sites is 1. The molecule has 2 aliphatic rings. The first kappa shape index (κ1) is 27.7. The van der Waals surface area contributed by atoms with E-state index in [9.17, 15) is 19.4 Å². The van der Waals surface area contributed by atoms with Gasteiger partial charge in [0.1, 0.15) is 23.6 Å². The zero-order valence-corrected chi connectivity index (χ0v) is 21.5. The molecule has 2 aromatic rings. The highest BCUT2D eigenvalue weighted by Crippen LogP contribution is 2.46. The van der Waals surface area contributed by atoms with Gasteiger partial charge < -0.3 is 30.2 Å². The number of aliphatic hydroxyl groups excluding tert-OH is 1. The van der Waals surface area contributed by atoms with Crippen LogP contribution < -0.4 is 10.5 Å². The largest absolute Gasteiger partial charge is 0.457 e. The second-order valence-corrected chi connectivity index (χ2v) is 10.6. The summed E-state index contributed by atoms with van der Waals surface area (Å²) in [5.41, 5.74) is 4.73. The minimum Gasteiger partial charge on any atom is -0.457 e. The number of carbonyl (C=O) groups excluding carboxylic acids is 1. The topological polar surface area (TPSA) is 105 Å². The first-order valence-electron chi connectivity index (χ1n) is 13.2. The number of nitrogens with two attached hydrogens (primary N) is 1. The molecule has 4 rings (SSSR count). The standard InChI is InChI=1S/C29H39FN2O5/c1-36-16-5-4-14-29(35,24-8-2-3-9-27(24)37-23-12-10-22(30)11-13-23)21-7-6-15-32(19-21)28(20-33)17-25(31)26(34)18-28/h2-3,8-13,20-21,25-26,34-35H,4-7,14-19,31H2,1H3/t21-,25-,26+,28+,29+/m1/s1. The number of likely N-dealkylation sites (tertiary alicyclic amines) is 1. The number of aliphatic hydroxyl groups is 2. The molecule has 1 heterocycles. The molecule has 1 aliphatic heterocycles. The number of ether oxygens (including phenoxy) is 2. The lowest BCUT2D eigenvalue weighted by Gasteiger charge is -2.47. The fourth-order valence-corrected chi connectivity index (χ4v) is 6.08. The Kier molecular flexibility index (Phi) is 8.98. The van der Waals surface area contributed by atoms with Crippen molar-refractivity contribution in [3.05, 3.63) is 59.9 Å². The van der Waals surface area contributed by atoms with Crippen molar-refractivity contribution >= 4 is 6.29 Å². The highest BCUT2D eigenvalue weighted by atomic mass is 19.1. The molecule has 4 N–H and O–H groups in total. The number of nitrogens with zero attached hydrogens (tertiary/aromatic N) is 1. The summed E-state index contributed by atoms with van der Waals surface area (Å²) in [4.78, 5) is 14.5. The lowest BCUT2D eigenvalue weighted by atomic mass is 9.73. The van der Waals surface area contributed by atoms with Crippen LogP contribution in [0.15, 0.2) is 48.5 Å². The molecule has 1 saturated carbocycles. The number of hydrogen-bond donors (Lipinski definition) is 3. The Labute approximate surface area is 218 Å². The number of carbonyl (C=O) groups is 1. The van der Waals surface area contributed by atoms with Crippen molar-refractivity contribution in [1.29, 1.82) is 0 Å². The van der Waals surface area contributed by atoms with Gasteiger partial charge in [-0.1, -0.05) is 18.2 Å². The molecule has 2 aromatic carbocycles. The summed E-state index contributed by atoms with van der Waals surface area (Å²) >= 11 is 0. The van der Waals surface area contributed by atoms with E-state index in [0.29, 0.717) is 56.0 Å². The predicted molar refractivity (Wildman–Crippen MR) is 139 cm³/mol. The molecule has 0 radical (unpaired) electrons. The average molecular weight is 515 g/mol. The zero-order valence-electron chi connectivity index (χ0n) is 21.5. The zero-order chi connectivity index (χ0) is 26.5. The molecule has 1 saturated heterocycles. The molecular formula is C29H39FN2O5. The van der Waals surface area contributed by atoms with E-state index < -0.39 is 23.3 Å². The Morgan fingerprint density at radius 2 is 1.95 bits per heavy atom. The number of methoxy groups -OCH3 is 1. The third-order valence-corrected chi connectivity index (χ3v) is 8.14. The summed E-state index contributed by atoms with van der Waals surface area (Å²) in [7, 11) is 1.66. The van der Waals surface area contributed by atoms with E-state index in [2.05, 4.69) is 4.90 Å². The van der Waals surface area contributed by atoms with Gasteiger partial charge >= 0.3 is 0 Å². The normalized spacial score (nSPS) is 28.1. The van der Waals surface area contributed by atoms with Gasteiger partial charge in [-0.05, 0) is 75.4 Å². The molecule has 0 bridgehead atoms. The lowest BCUT2D eigenvalue weighted by molar-refractivity contribution is -0.125. The second-order valence-electron chi connectivity index (χ2n) is 10.6. The van der Waals surface area contributed by atoms with Crippen molar-refractivity contribution < 1.29 is 28.9 Å². The van der Waals surface area contributed by atoms with E-state index in [-0.39, 0.29) is 11.7 Å². The minimum atomic E-state index is -1.23. The van der Waals surface area contributed by atoms with E-state index in [4.69, 9.17) is 15.2 Å². The molecule has 7 nitrogen and oxygen atoms in total. The highest BCUT2D eigenvalue weighted by molar-refractivity contribution is 5.65. The van der Waals surface area contributed by atoms with E-state index in [0.717, 1.165) is 32.0 Å². The van der Waals surface area contributed by atoms with Gasteiger partial charge in [0.05, 0.1) is 17.2 Å². The monoisotopic (exact) mass is 514 g/mol. The molecule has 0 unspecified atom stereocenters. The fraction of sp³-hybridized carbons (Fsp3) is 0.552. The molecule has 202 valence electrons. The Bertz CT molecular complexity index is 1030. The van der Waals surface area contributed by atoms with E-state index in [1.165, 1.54) is 12.1 Å².